The number of benzene rings is 2. The molecule has 0 saturated heterocycles. The predicted octanol–water partition coefficient (Wildman–Crippen LogP) is 4.68. The molecule has 0 fully saturated rings. The molecule has 1 unspecified atom stereocenters. The van der Waals surface area contributed by atoms with Gasteiger partial charge in [0.1, 0.15) is 0 Å². The lowest BCUT2D eigenvalue weighted by molar-refractivity contribution is 0.295. The Kier molecular flexibility index (Phi) is 3.66. The van der Waals surface area contributed by atoms with Crippen LogP contribution in [0.4, 0.5) is 0 Å². The quantitative estimate of drug-likeness (QED) is 0.731. The molecule has 0 N–H and O–H groups in total. The Morgan fingerprint density at radius 2 is 1.89 bits per heavy atom. The number of nitrogens with zero attached hydrogens (tertiary/aromatic N) is 1. The zero-order valence-electron chi connectivity index (χ0n) is 10.7. The second-order valence-corrected chi connectivity index (χ2v) is 6.50. The van der Waals surface area contributed by atoms with Gasteiger partial charge >= 0.3 is 0 Å². The SMILES string of the molecule is CN1Cc2cc(Br)ccc2C(c2ccc(Cl)cc2)C1. The summed E-state index contributed by atoms with van der Waals surface area (Å²) in [5, 5.41) is 0.795. The first kappa shape index (κ1) is 13.2. The monoisotopic (exact) mass is 335 g/mol. The Hall–Kier alpha value is -0.830. The molecule has 19 heavy (non-hydrogen) atoms. The van der Waals surface area contributed by atoms with E-state index in [-0.39, 0.29) is 0 Å². The number of rotatable bonds is 1. The van der Waals surface area contributed by atoms with Gasteiger partial charge in [-0.05, 0) is 48.0 Å². The van der Waals surface area contributed by atoms with Gasteiger partial charge in [0.2, 0.25) is 0 Å². The number of halogens is 2. The lowest BCUT2D eigenvalue weighted by atomic mass is 9.85. The molecule has 0 aromatic heterocycles. The normalized spacial score (nSPS) is 19.2. The smallest absolute Gasteiger partial charge is 0.0406 e. The van der Waals surface area contributed by atoms with Crippen LogP contribution in [-0.4, -0.2) is 18.5 Å². The van der Waals surface area contributed by atoms with Crippen LogP contribution in [0, 0.1) is 0 Å². The van der Waals surface area contributed by atoms with Crippen LogP contribution in [0.25, 0.3) is 0 Å². The summed E-state index contributed by atoms with van der Waals surface area (Å²) in [5.74, 6) is 0.430. The molecule has 1 heterocycles. The van der Waals surface area contributed by atoms with Crippen molar-refractivity contribution in [3.05, 3.63) is 68.7 Å². The van der Waals surface area contributed by atoms with Crippen LogP contribution in [0.1, 0.15) is 22.6 Å². The van der Waals surface area contributed by atoms with E-state index in [2.05, 4.69) is 58.2 Å². The molecule has 0 bridgehead atoms. The van der Waals surface area contributed by atoms with E-state index in [1.807, 2.05) is 12.1 Å². The van der Waals surface area contributed by atoms with E-state index in [9.17, 15) is 0 Å². The average Bonchev–Trinajstić information content (AvgIpc) is 2.38. The summed E-state index contributed by atoms with van der Waals surface area (Å²) in [4.78, 5) is 2.37. The summed E-state index contributed by atoms with van der Waals surface area (Å²) in [6.45, 7) is 2.06. The summed E-state index contributed by atoms with van der Waals surface area (Å²) in [6, 6.07) is 14.8. The molecule has 3 rings (SSSR count). The van der Waals surface area contributed by atoms with Crippen LogP contribution in [0.2, 0.25) is 5.02 Å². The maximum Gasteiger partial charge on any atom is 0.0406 e. The maximum absolute atomic E-state index is 5.98. The average molecular weight is 337 g/mol. The number of fused-ring (bicyclic) bond motifs is 1. The van der Waals surface area contributed by atoms with Gasteiger partial charge in [0, 0.05) is 28.5 Å². The first-order valence-corrected chi connectivity index (χ1v) is 7.53. The highest BCUT2D eigenvalue weighted by molar-refractivity contribution is 9.10. The van der Waals surface area contributed by atoms with E-state index in [1.54, 1.807) is 0 Å². The van der Waals surface area contributed by atoms with Gasteiger partial charge in [-0.3, -0.25) is 0 Å². The van der Waals surface area contributed by atoms with Crippen molar-refractivity contribution in [2.24, 2.45) is 0 Å². The molecule has 1 aliphatic heterocycles. The van der Waals surface area contributed by atoms with E-state index >= 15 is 0 Å². The summed E-state index contributed by atoms with van der Waals surface area (Å²) in [7, 11) is 2.17. The van der Waals surface area contributed by atoms with Crippen molar-refractivity contribution in [2.75, 3.05) is 13.6 Å². The summed E-state index contributed by atoms with van der Waals surface area (Å²) in [6.07, 6.45) is 0. The minimum absolute atomic E-state index is 0.430. The third-order valence-corrected chi connectivity index (χ3v) is 4.43. The number of likely N-dealkylation sites (N-methyl/N-ethyl adjacent to an activating group) is 1. The minimum atomic E-state index is 0.430. The molecule has 1 atom stereocenters. The summed E-state index contributed by atoms with van der Waals surface area (Å²) < 4.78 is 1.15. The molecule has 2 aromatic rings. The zero-order valence-corrected chi connectivity index (χ0v) is 13.1. The van der Waals surface area contributed by atoms with Gasteiger partial charge in [-0.25, -0.2) is 0 Å². The van der Waals surface area contributed by atoms with E-state index in [4.69, 9.17) is 11.6 Å². The molecule has 1 aliphatic rings. The van der Waals surface area contributed by atoms with Crippen molar-refractivity contribution >= 4 is 27.5 Å². The highest BCUT2D eigenvalue weighted by Gasteiger charge is 2.24. The number of hydrogen-bond donors (Lipinski definition) is 0. The Bertz CT molecular complexity index is 594. The fourth-order valence-corrected chi connectivity index (χ4v) is 3.33. The predicted molar refractivity (Wildman–Crippen MR) is 83.8 cm³/mol. The van der Waals surface area contributed by atoms with Crippen molar-refractivity contribution < 1.29 is 0 Å². The Labute approximate surface area is 127 Å². The van der Waals surface area contributed by atoms with Crippen LogP contribution >= 0.6 is 27.5 Å². The van der Waals surface area contributed by atoms with Gasteiger partial charge < -0.3 is 4.90 Å². The third-order valence-electron chi connectivity index (χ3n) is 3.69. The van der Waals surface area contributed by atoms with Crippen molar-refractivity contribution in [1.82, 2.24) is 4.90 Å². The highest BCUT2D eigenvalue weighted by Crippen LogP contribution is 2.34. The van der Waals surface area contributed by atoms with Gasteiger partial charge in [0.05, 0.1) is 0 Å². The summed E-state index contributed by atoms with van der Waals surface area (Å²) >= 11 is 9.54. The van der Waals surface area contributed by atoms with Gasteiger partial charge in [-0.15, -0.1) is 0 Å². The van der Waals surface area contributed by atoms with E-state index in [0.717, 1.165) is 22.6 Å². The van der Waals surface area contributed by atoms with Crippen molar-refractivity contribution in [2.45, 2.75) is 12.5 Å². The zero-order chi connectivity index (χ0) is 13.4. The molecule has 3 heteroatoms. The number of hydrogen-bond acceptors (Lipinski definition) is 1. The van der Waals surface area contributed by atoms with E-state index in [1.165, 1.54) is 16.7 Å². The van der Waals surface area contributed by atoms with E-state index in [0.29, 0.717) is 5.92 Å². The molecule has 0 spiro atoms. The minimum Gasteiger partial charge on any atom is -0.301 e. The van der Waals surface area contributed by atoms with Gasteiger partial charge in [-0.2, -0.15) is 0 Å². The topological polar surface area (TPSA) is 3.24 Å². The van der Waals surface area contributed by atoms with Crippen LogP contribution in [-0.2, 0) is 6.54 Å². The van der Waals surface area contributed by atoms with Crippen molar-refractivity contribution in [1.29, 1.82) is 0 Å². The molecule has 0 saturated carbocycles. The second kappa shape index (κ2) is 5.28. The molecular formula is C16H15BrClN. The molecule has 98 valence electrons. The van der Waals surface area contributed by atoms with Crippen LogP contribution in [0.3, 0.4) is 0 Å². The Morgan fingerprint density at radius 1 is 1.16 bits per heavy atom. The molecule has 1 nitrogen and oxygen atoms in total. The fourth-order valence-electron chi connectivity index (χ4n) is 2.80. The summed E-state index contributed by atoms with van der Waals surface area (Å²) in [5.41, 5.74) is 4.17. The molecule has 0 aliphatic carbocycles. The standard InChI is InChI=1S/C16H15BrClN/c1-19-9-12-8-13(17)4-7-15(12)16(10-19)11-2-5-14(18)6-3-11/h2-8,16H,9-10H2,1H3. The lowest BCUT2D eigenvalue weighted by Gasteiger charge is -2.32. The first-order chi connectivity index (χ1) is 9.13. The second-order valence-electron chi connectivity index (χ2n) is 5.14. The van der Waals surface area contributed by atoms with Crippen LogP contribution in [0.5, 0.6) is 0 Å². The lowest BCUT2D eigenvalue weighted by Crippen LogP contribution is -2.30. The van der Waals surface area contributed by atoms with Gasteiger partial charge in [-0.1, -0.05) is 45.7 Å². The highest BCUT2D eigenvalue weighted by atomic mass is 79.9. The Morgan fingerprint density at radius 3 is 2.63 bits per heavy atom. The molecular weight excluding hydrogens is 322 g/mol. The van der Waals surface area contributed by atoms with E-state index < -0.39 is 0 Å². The van der Waals surface area contributed by atoms with Crippen LogP contribution in [0.15, 0.2) is 46.9 Å². The van der Waals surface area contributed by atoms with Gasteiger partial charge in [0.25, 0.3) is 0 Å². The maximum atomic E-state index is 5.98. The molecule has 0 amide bonds. The van der Waals surface area contributed by atoms with Gasteiger partial charge in [0.15, 0.2) is 0 Å². The third kappa shape index (κ3) is 2.71. The van der Waals surface area contributed by atoms with Crippen molar-refractivity contribution in [3.63, 3.8) is 0 Å². The first-order valence-electron chi connectivity index (χ1n) is 6.36. The van der Waals surface area contributed by atoms with Crippen molar-refractivity contribution in [3.8, 4) is 0 Å². The fraction of sp³-hybridized carbons (Fsp3) is 0.250. The Balaban J connectivity index is 2.05. The van der Waals surface area contributed by atoms with Crippen LogP contribution < -0.4 is 0 Å². The molecule has 0 radical (unpaired) electrons. The molecule has 2 aromatic carbocycles. The largest absolute Gasteiger partial charge is 0.301 e.